The minimum atomic E-state index is -0.285. The van der Waals surface area contributed by atoms with Gasteiger partial charge in [0.2, 0.25) is 11.8 Å². The van der Waals surface area contributed by atoms with Crippen molar-refractivity contribution < 1.29 is 9.59 Å². The smallest absolute Gasteiger partial charge is 0.249 e. The number of piperidine rings is 1. The fourth-order valence-corrected chi connectivity index (χ4v) is 3.48. The van der Waals surface area contributed by atoms with Crippen LogP contribution in [0, 0.1) is 0 Å². The van der Waals surface area contributed by atoms with Crippen LogP contribution in [0.2, 0.25) is 0 Å². The van der Waals surface area contributed by atoms with E-state index in [1.165, 1.54) is 0 Å². The highest BCUT2D eigenvalue weighted by atomic mass is 16.2. The van der Waals surface area contributed by atoms with Gasteiger partial charge in [0.1, 0.15) is 6.04 Å². The Kier molecular flexibility index (Phi) is 4.41. The molecule has 0 aromatic carbocycles. The van der Waals surface area contributed by atoms with Crippen LogP contribution < -0.4 is 4.90 Å². The first-order valence-corrected chi connectivity index (χ1v) is 8.26. The van der Waals surface area contributed by atoms with Crippen LogP contribution in [0.4, 0.5) is 5.69 Å². The van der Waals surface area contributed by atoms with Crippen LogP contribution in [-0.2, 0) is 16.0 Å². The Hall–Kier alpha value is -1.91. The molecule has 5 heteroatoms. The molecule has 118 valence electrons. The van der Waals surface area contributed by atoms with Gasteiger partial charge in [-0.3, -0.25) is 14.6 Å². The van der Waals surface area contributed by atoms with E-state index in [1.807, 2.05) is 29.0 Å². The molecule has 0 N–H and O–H groups in total. The molecule has 2 aliphatic rings. The van der Waals surface area contributed by atoms with Gasteiger partial charge in [-0.15, -0.1) is 0 Å². The van der Waals surface area contributed by atoms with E-state index in [4.69, 9.17) is 0 Å². The molecule has 1 fully saturated rings. The summed E-state index contributed by atoms with van der Waals surface area (Å²) in [5.41, 5.74) is 2.09. The minimum absolute atomic E-state index is 0.0779. The number of carbonyl (C=O) groups is 2. The second-order valence-electron chi connectivity index (χ2n) is 6.09. The van der Waals surface area contributed by atoms with E-state index >= 15 is 0 Å². The van der Waals surface area contributed by atoms with Gasteiger partial charge in [0, 0.05) is 31.9 Å². The van der Waals surface area contributed by atoms with Crippen LogP contribution in [0.5, 0.6) is 0 Å². The number of hydrogen-bond donors (Lipinski definition) is 0. The number of fused-ring (bicyclic) bond motifs is 1. The van der Waals surface area contributed by atoms with Crippen LogP contribution in [0.25, 0.3) is 0 Å². The highest BCUT2D eigenvalue weighted by Gasteiger charge is 2.36. The lowest BCUT2D eigenvalue weighted by Crippen LogP contribution is -2.52. The van der Waals surface area contributed by atoms with E-state index in [0.29, 0.717) is 19.5 Å². The minimum Gasteiger partial charge on any atom is -0.331 e. The number of hydrogen-bond acceptors (Lipinski definition) is 3. The lowest BCUT2D eigenvalue weighted by molar-refractivity contribution is -0.141. The fourth-order valence-electron chi connectivity index (χ4n) is 3.48. The van der Waals surface area contributed by atoms with Crippen LogP contribution in [-0.4, -0.2) is 40.8 Å². The quantitative estimate of drug-likeness (QED) is 0.859. The number of pyridine rings is 1. The number of likely N-dealkylation sites (tertiary alicyclic amines) is 1. The van der Waals surface area contributed by atoms with Crippen molar-refractivity contribution in [3.05, 3.63) is 24.0 Å². The lowest BCUT2D eigenvalue weighted by atomic mass is 10.00. The molecule has 1 aromatic rings. The molecule has 5 nitrogen and oxygen atoms in total. The van der Waals surface area contributed by atoms with Crippen molar-refractivity contribution in [3.8, 4) is 0 Å². The molecule has 3 rings (SSSR count). The van der Waals surface area contributed by atoms with Crippen molar-refractivity contribution in [1.29, 1.82) is 0 Å². The summed E-state index contributed by atoms with van der Waals surface area (Å²) in [6.45, 7) is 3.42. The molecule has 1 atom stereocenters. The molecule has 2 amide bonds. The molecule has 1 saturated heterocycles. The Labute approximate surface area is 131 Å². The third-order valence-corrected chi connectivity index (χ3v) is 4.61. The van der Waals surface area contributed by atoms with Crippen molar-refractivity contribution in [2.24, 2.45) is 0 Å². The molecule has 3 heterocycles. The molecule has 0 radical (unpaired) electrons. The maximum absolute atomic E-state index is 13.0. The first kappa shape index (κ1) is 15.0. The van der Waals surface area contributed by atoms with Crippen LogP contribution in [0.1, 0.15) is 44.6 Å². The van der Waals surface area contributed by atoms with E-state index in [2.05, 4.69) is 4.98 Å². The monoisotopic (exact) mass is 301 g/mol. The third kappa shape index (κ3) is 2.72. The maximum Gasteiger partial charge on any atom is 0.249 e. The predicted molar refractivity (Wildman–Crippen MR) is 84.6 cm³/mol. The summed E-state index contributed by atoms with van der Waals surface area (Å²) < 4.78 is 0. The second kappa shape index (κ2) is 6.46. The topological polar surface area (TPSA) is 53.5 Å². The van der Waals surface area contributed by atoms with E-state index in [-0.39, 0.29) is 17.9 Å². The number of anilines is 1. The summed E-state index contributed by atoms with van der Waals surface area (Å²) in [6.07, 6.45) is 8.58. The molecule has 0 aliphatic carbocycles. The molecule has 0 bridgehead atoms. The van der Waals surface area contributed by atoms with Crippen LogP contribution in [0.3, 0.4) is 0 Å². The van der Waals surface area contributed by atoms with Crippen molar-refractivity contribution in [1.82, 2.24) is 9.88 Å². The van der Waals surface area contributed by atoms with E-state index in [0.717, 1.165) is 43.4 Å². The van der Waals surface area contributed by atoms with Crippen molar-refractivity contribution >= 4 is 17.5 Å². The first-order valence-electron chi connectivity index (χ1n) is 8.26. The van der Waals surface area contributed by atoms with Gasteiger partial charge < -0.3 is 9.80 Å². The van der Waals surface area contributed by atoms with Gasteiger partial charge in [-0.25, -0.2) is 0 Å². The molecule has 2 aliphatic heterocycles. The number of rotatable bonds is 3. The maximum atomic E-state index is 13.0. The van der Waals surface area contributed by atoms with Crippen molar-refractivity contribution in [3.63, 3.8) is 0 Å². The SMILES string of the molecule is CCCC(=O)N1CCCCC1C(=O)N1CCc2cnccc21. The van der Waals surface area contributed by atoms with E-state index in [1.54, 1.807) is 6.20 Å². The fraction of sp³-hybridized carbons (Fsp3) is 0.588. The Balaban J connectivity index is 1.80. The summed E-state index contributed by atoms with van der Waals surface area (Å²) in [7, 11) is 0. The lowest BCUT2D eigenvalue weighted by Gasteiger charge is -2.37. The van der Waals surface area contributed by atoms with Gasteiger partial charge in [-0.05, 0) is 43.7 Å². The number of amides is 2. The largest absolute Gasteiger partial charge is 0.331 e. The molecule has 1 aromatic heterocycles. The van der Waals surface area contributed by atoms with Crippen LogP contribution in [0.15, 0.2) is 18.5 Å². The summed E-state index contributed by atoms with van der Waals surface area (Å²) in [6, 6.07) is 1.62. The molecule has 1 unspecified atom stereocenters. The zero-order valence-corrected chi connectivity index (χ0v) is 13.1. The van der Waals surface area contributed by atoms with Gasteiger partial charge in [0.05, 0.1) is 5.69 Å². The highest BCUT2D eigenvalue weighted by Crippen LogP contribution is 2.29. The average molecular weight is 301 g/mol. The second-order valence-corrected chi connectivity index (χ2v) is 6.09. The standard InChI is InChI=1S/C17H23N3O2/c1-2-5-16(21)19-10-4-3-6-15(19)17(22)20-11-8-13-12-18-9-7-14(13)20/h7,9,12,15H,2-6,8,10-11H2,1H3. The third-order valence-electron chi connectivity index (χ3n) is 4.61. The predicted octanol–water partition coefficient (Wildman–Crippen LogP) is 2.15. The average Bonchev–Trinajstić information content (AvgIpc) is 2.98. The van der Waals surface area contributed by atoms with E-state index in [9.17, 15) is 9.59 Å². The normalized spacial score (nSPS) is 20.9. The summed E-state index contributed by atoms with van der Waals surface area (Å²) in [5.74, 6) is 0.198. The molecule has 0 saturated carbocycles. The summed E-state index contributed by atoms with van der Waals surface area (Å²) in [4.78, 5) is 33.1. The van der Waals surface area contributed by atoms with Gasteiger partial charge >= 0.3 is 0 Å². The zero-order valence-electron chi connectivity index (χ0n) is 13.1. The number of aromatic nitrogens is 1. The van der Waals surface area contributed by atoms with Gasteiger partial charge in [-0.2, -0.15) is 0 Å². The Morgan fingerprint density at radius 2 is 2.18 bits per heavy atom. The van der Waals surface area contributed by atoms with E-state index < -0.39 is 0 Å². The van der Waals surface area contributed by atoms with Crippen molar-refractivity contribution in [2.75, 3.05) is 18.0 Å². The Morgan fingerprint density at radius 3 is 3.00 bits per heavy atom. The first-order chi connectivity index (χ1) is 10.7. The highest BCUT2D eigenvalue weighted by molar-refractivity contribution is 6.00. The molecule has 22 heavy (non-hydrogen) atoms. The molecule has 0 spiro atoms. The zero-order chi connectivity index (χ0) is 15.5. The number of nitrogens with zero attached hydrogens (tertiary/aromatic N) is 3. The van der Waals surface area contributed by atoms with Gasteiger partial charge in [0.25, 0.3) is 0 Å². The molecular formula is C17H23N3O2. The summed E-state index contributed by atoms with van der Waals surface area (Å²) >= 11 is 0. The summed E-state index contributed by atoms with van der Waals surface area (Å²) in [5, 5.41) is 0. The molecular weight excluding hydrogens is 278 g/mol. The number of carbonyl (C=O) groups excluding carboxylic acids is 2. The Bertz CT molecular complexity index is 573. The van der Waals surface area contributed by atoms with Crippen LogP contribution >= 0.6 is 0 Å². The van der Waals surface area contributed by atoms with Gasteiger partial charge in [0.15, 0.2) is 0 Å². The van der Waals surface area contributed by atoms with Gasteiger partial charge in [-0.1, -0.05) is 6.92 Å². The Morgan fingerprint density at radius 1 is 1.32 bits per heavy atom. The van der Waals surface area contributed by atoms with Crippen molar-refractivity contribution in [2.45, 2.75) is 51.5 Å².